The fourth-order valence-corrected chi connectivity index (χ4v) is 13.9. The number of hydrogen-bond donors (Lipinski definition) is 3. The number of amides is 1. The summed E-state index contributed by atoms with van der Waals surface area (Å²) in [5.74, 6) is -0.0312. The molecule has 0 rings (SSSR count). The highest BCUT2D eigenvalue weighted by Crippen LogP contribution is 2.21. The maximum Gasteiger partial charge on any atom is 0.305 e. The van der Waals surface area contributed by atoms with Crippen molar-refractivity contribution in [1.29, 1.82) is 0 Å². The molecule has 6 nitrogen and oxygen atoms in total. The van der Waals surface area contributed by atoms with Gasteiger partial charge in [0.1, 0.15) is 0 Å². The third-order valence-electron chi connectivity index (χ3n) is 20.5. The van der Waals surface area contributed by atoms with E-state index in [1.54, 1.807) is 6.08 Å². The Bertz CT molecular complexity index is 1460. The average Bonchev–Trinajstić information content (AvgIpc) is 3.77. The van der Waals surface area contributed by atoms with Gasteiger partial charge in [-0.2, -0.15) is 0 Å². The van der Waals surface area contributed by atoms with Crippen LogP contribution in [0.5, 0.6) is 0 Å². The van der Waals surface area contributed by atoms with Crippen LogP contribution in [0, 0.1) is 0 Å². The Morgan fingerprint density at radius 2 is 0.505 bits per heavy atom. The van der Waals surface area contributed by atoms with Gasteiger partial charge in [0.05, 0.1) is 25.4 Å². The number of carbonyl (C=O) groups excluding carboxylic acids is 2. The van der Waals surface area contributed by atoms with Gasteiger partial charge in [-0.15, -0.1) is 0 Å². The lowest BCUT2D eigenvalue weighted by Gasteiger charge is -2.20. The van der Waals surface area contributed by atoms with Crippen LogP contribution in [-0.4, -0.2) is 47.4 Å². The minimum atomic E-state index is -0.842. The molecular weight excluding hydrogens is 1140 g/mol. The highest BCUT2D eigenvalue weighted by Gasteiger charge is 2.18. The zero-order chi connectivity index (χ0) is 67.0. The second-order valence-corrected chi connectivity index (χ2v) is 29.9. The molecule has 2 unspecified atom stereocenters. The Kier molecular flexibility index (Phi) is 81.3. The van der Waals surface area contributed by atoms with E-state index < -0.39 is 12.1 Å². The smallest absolute Gasteiger partial charge is 0.305 e. The fourth-order valence-electron chi connectivity index (χ4n) is 13.9. The van der Waals surface area contributed by atoms with E-state index in [-0.39, 0.29) is 18.5 Å². The van der Waals surface area contributed by atoms with Gasteiger partial charge in [-0.3, -0.25) is 9.59 Å². The summed E-state index contributed by atoms with van der Waals surface area (Å²) in [6.07, 6.45) is 108. The normalized spacial score (nSPS) is 12.5. The van der Waals surface area contributed by atoms with Crippen molar-refractivity contribution in [1.82, 2.24) is 5.32 Å². The molecule has 2 atom stereocenters. The maximum atomic E-state index is 12.5. The van der Waals surface area contributed by atoms with E-state index in [9.17, 15) is 19.8 Å². The molecule has 0 aliphatic rings. The summed E-state index contributed by atoms with van der Waals surface area (Å²) < 4.78 is 5.52. The summed E-state index contributed by atoms with van der Waals surface area (Å²) in [6.45, 7) is 4.97. The van der Waals surface area contributed by atoms with Gasteiger partial charge in [0.25, 0.3) is 0 Å². The van der Waals surface area contributed by atoms with E-state index in [1.165, 1.54) is 430 Å². The monoisotopic (exact) mass is 1310 g/mol. The van der Waals surface area contributed by atoms with Crippen LogP contribution in [0.3, 0.4) is 0 Å². The van der Waals surface area contributed by atoms with Crippen LogP contribution in [0.4, 0.5) is 0 Å². The largest absolute Gasteiger partial charge is 0.466 e. The predicted molar refractivity (Wildman–Crippen MR) is 412 cm³/mol. The number of allylic oxidation sites excluding steroid dienone is 3. The van der Waals surface area contributed by atoms with E-state index in [1.807, 2.05) is 6.08 Å². The number of hydrogen-bond acceptors (Lipinski definition) is 5. The van der Waals surface area contributed by atoms with Crippen molar-refractivity contribution in [3.63, 3.8) is 0 Å². The highest BCUT2D eigenvalue weighted by atomic mass is 16.5. The molecule has 0 radical (unpaired) electrons. The molecule has 3 N–H and O–H groups in total. The number of esters is 1. The summed E-state index contributed by atoms with van der Waals surface area (Å²) in [4.78, 5) is 24.7. The van der Waals surface area contributed by atoms with E-state index in [0.29, 0.717) is 19.4 Å². The van der Waals surface area contributed by atoms with Gasteiger partial charge in [-0.1, -0.05) is 449 Å². The second kappa shape index (κ2) is 82.8. The molecule has 93 heavy (non-hydrogen) atoms. The fraction of sp³-hybridized carbons (Fsp3) is 0.931. The highest BCUT2D eigenvalue weighted by molar-refractivity contribution is 5.76. The lowest BCUT2D eigenvalue weighted by Crippen LogP contribution is -2.45. The van der Waals surface area contributed by atoms with E-state index in [0.717, 1.165) is 38.5 Å². The lowest BCUT2D eigenvalue weighted by atomic mass is 10.0. The summed E-state index contributed by atoms with van der Waals surface area (Å²) in [5.41, 5.74) is 0. The molecule has 0 saturated heterocycles. The third kappa shape index (κ3) is 79.2. The molecule has 0 aromatic rings. The van der Waals surface area contributed by atoms with Gasteiger partial charge in [0.15, 0.2) is 0 Å². The standard InChI is InChI=1S/C87H169NO5/c1-3-5-7-9-11-13-15-17-19-21-22-44-48-51-55-59-63-67-71-75-79-85(90)84(83-89)88-86(91)80-76-72-68-64-60-56-52-49-45-42-40-38-36-34-32-30-28-26-24-23-25-27-29-31-33-35-37-39-41-43-46-50-54-58-62-66-70-74-78-82-93-87(92)81-77-73-69-65-61-57-53-47-20-18-16-14-12-10-8-6-4-2/h23-24,75,79,84-85,89-90H,3-22,25-74,76-78,80-83H2,1-2H3,(H,88,91)/b24-23-,79-75+. The van der Waals surface area contributed by atoms with E-state index in [4.69, 9.17) is 4.74 Å². The average molecular weight is 1310 g/mol. The summed E-state index contributed by atoms with van der Waals surface area (Å²) >= 11 is 0. The molecule has 0 aromatic heterocycles. The number of carbonyl (C=O) groups is 2. The first-order chi connectivity index (χ1) is 46.0. The minimum absolute atomic E-state index is 0.0274. The molecule has 552 valence electrons. The maximum absolute atomic E-state index is 12.5. The van der Waals surface area contributed by atoms with Crippen LogP contribution < -0.4 is 5.32 Å². The van der Waals surface area contributed by atoms with Crippen molar-refractivity contribution in [3.8, 4) is 0 Å². The van der Waals surface area contributed by atoms with Crippen LogP contribution >= 0.6 is 0 Å². The van der Waals surface area contributed by atoms with Crippen molar-refractivity contribution in [3.05, 3.63) is 24.3 Å². The number of nitrogens with one attached hydrogen (secondary N) is 1. The summed E-state index contributed by atoms with van der Waals surface area (Å²) in [6, 6.07) is -0.625. The molecule has 0 spiro atoms. The van der Waals surface area contributed by atoms with Crippen LogP contribution in [-0.2, 0) is 14.3 Å². The number of aliphatic hydroxyl groups excluding tert-OH is 2. The minimum Gasteiger partial charge on any atom is -0.466 e. The van der Waals surface area contributed by atoms with Gasteiger partial charge < -0.3 is 20.3 Å². The molecule has 6 heteroatoms. The number of ether oxygens (including phenoxy) is 1. The molecule has 0 aliphatic carbocycles. The lowest BCUT2D eigenvalue weighted by molar-refractivity contribution is -0.143. The summed E-state index contributed by atoms with van der Waals surface area (Å²) in [7, 11) is 0. The van der Waals surface area contributed by atoms with Crippen molar-refractivity contribution in [2.45, 2.75) is 508 Å². The molecule has 0 aliphatic heterocycles. The Balaban J connectivity index is 3.33. The van der Waals surface area contributed by atoms with Gasteiger partial charge in [0, 0.05) is 12.8 Å². The molecule has 0 aromatic carbocycles. The first-order valence-corrected chi connectivity index (χ1v) is 43.1. The van der Waals surface area contributed by atoms with Crippen LogP contribution in [0.1, 0.15) is 495 Å². The first kappa shape index (κ1) is 91.3. The molecule has 0 bridgehead atoms. The van der Waals surface area contributed by atoms with E-state index in [2.05, 4.69) is 31.3 Å². The molecule has 0 heterocycles. The SMILES string of the molecule is CCCCCCCCCCCCCCCCCCCC/C=C/C(O)C(CO)NC(=O)CCCCCCCCCCCCCCCCCCC/C=C\CCCCCCCCCCCCCCCCCCCCOC(=O)CCCCCCCCCCCCCCCCCCC. The Hall–Kier alpha value is -1.66. The predicted octanol–water partition coefficient (Wildman–Crippen LogP) is 28.8. The van der Waals surface area contributed by atoms with Crippen LogP contribution in [0.25, 0.3) is 0 Å². The third-order valence-corrected chi connectivity index (χ3v) is 20.5. The zero-order valence-corrected chi connectivity index (χ0v) is 63.5. The quantitative estimate of drug-likeness (QED) is 0.0320. The van der Waals surface area contributed by atoms with Crippen molar-refractivity contribution in [2.24, 2.45) is 0 Å². The first-order valence-electron chi connectivity index (χ1n) is 43.1. The number of rotatable bonds is 82. The van der Waals surface area contributed by atoms with Gasteiger partial charge in [0.2, 0.25) is 5.91 Å². The Morgan fingerprint density at radius 1 is 0.290 bits per heavy atom. The van der Waals surface area contributed by atoms with Gasteiger partial charge in [-0.25, -0.2) is 0 Å². The number of unbranched alkanes of at least 4 members (excludes halogenated alkanes) is 69. The number of aliphatic hydroxyl groups is 2. The Labute approximate surface area is 583 Å². The molecular formula is C87H169NO5. The van der Waals surface area contributed by atoms with Gasteiger partial charge in [-0.05, 0) is 57.8 Å². The molecule has 1 amide bonds. The zero-order valence-electron chi connectivity index (χ0n) is 63.5. The summed E-state index contributed by atoms with van der Waals surface area (Å²) in [5, 5.41) is 23.3. The van der Waals surface area contributed by atoms with E-state index >= 15 is 0 Å². The second-order valence-electron chi connectivity index (χ2n) is 29.9. The molecule has 0 fully saturated rings. The molecule has 0 saturated carbocycles. The van der Waals surface area contributed by atoms with Crippen LogP contribution in [0.15, 0.2) is 24.3 Å². The topological polar surface area (TPSA) is 95.9 Å². The van der Waals surface area contributed by atoms with Crippen molar-refractivity contribution < 1.29 is 24.5 Å². The van der Waals surface area contributed by atoms with Crippen molar-refractivity contribution >= 4 is 11.9 Å². The van der Waals surface area contributed by atoms with Gasteiger partial charge >= 0.3 is 5.97 Å². The Morgan fingerprint density at radius 3 is 0.763 bits per heavy atom. The van der Waals surface area contributed by atoms with Crippen LogP contribution in [0.2, 0.25) is 0 Å². The van der Waals surface area contributed by atoms with Crippen molar-refractivity contribution in [2.75, 3.05) is 13.2 Å².